The van der Waals surface area contributed by atoms with Crippen molar-refractivity contribution in [3.8, 4) is 5.75 Å². The normalized spacial score (nSPS) is 21.2. The molecule has 4 aromatic rings. The summed E-state index contributed by atoms with van der Waals surface area (Å²) in [4.78, 5) is 57.2. The van der Waals surface area contributed by atoms with E-state index in [-0.39, 0.29) is 23.0 Å². The third-order valence-electron chi connectivity index (χ3n) is 8.80. The largest absolute Gasteiger partial charge is 0.497 e. The second-order valence-corrected chi connectivity index (χ2v) is 10.7. The van der Waals surface area contributed by atoms with Gasteiger partial charge in [-0.2, -0.15) is 0 Å². The van der Waals surface area contributed by atoms with Gasteiger partial charge in [0.15, 0.2) is 17.3 Å². The molecule has 2 heterocycles. The van der Waals surface area contributed by atoms with Crippen molar-refractivity contribution in [2.75, 3.05) is 12.0 Å². The highest BCUT2D eigenvalue weighted by Crippen LogP contribution is 2.61. The highest BCUT2D eigenvalue weighted by Gasteiger charge is 2.71. The van der Waals surface area contributed by atoms with E-state index in [9.17, 15) is 24.5 Å². The quantitative estimate of drug-likeness (QED) is 0.130. The molecule has 4 aromatic carbocycles. The third-order valence-corrected chi connectivity index (χ3v) is 8.80. The second-order valence-electron chi connectivity index (χ2n) is 10.7. The van der Waals surface area contributed by atoms with Gasteiger partial charge in [-0.15, -0.1) is 0 Å². The number of nitrogens with zero attached hydrogens (tertiary/aromatic N) is 2. The van der Waals surface area contributed by atoms with Crippen molar-refractivity contribution in [1.82, 2.24) is 0 Å². The molecule has 206 valence electrons. The van der Waals surface area contributed by atoms with Crippen LogP contribution < -0.4 is 9.64 Å². The smallest absolute Gasteiger partial charge is 0.269 e. The number of fused-ring (bicyclic) bond motifs is 5. The molecule has 3 aliphatic rings. The van der Waals surface area contributed by atoms with Gasteiger partial charge in [0.2, 0.25) is 0 Å². The Kier molecular flexibility index (Phi) is 5.69. The van der Waals surface area contributed by atoms with Gasteiger partial charge in [-0.25, -0.2) is 0 Å². The molecule has 1 spiro atoms. The number of hydrogen-bond donors (Lipinski definition) is 0. The standard InChI is InChI=1S/C34H24N2O6/c1-42-24-16-13-21(14-17-24)31(37)30-29(22-8-6-9-23(19-22)36(40)41)34(32(38)25-10-3-4-11-26(25)33(34)39)28-18-15-20-7-2-5-12-27(20)35(28)30/h2-19,28-30H,1H3/t28-,29-,30-/m1/s1. The molecule has 8 nitrogen and oxygen atoms in total. The first-order valence-electron chi connectivity index (χ1n) is 13.5. The lowest BCUT2D eigenvalue weighted by atomic mass is 9.64. The van der Waals surface area contributed by atoms with Gasteiger partial charge in [0.1, 0.15) is 17.2 Å². The maximum atomic E-state index is 14.7. The molecule has 1 fully saturated rings. The average molecular weight is 557 g/mol. The van der Waals surface area contributed by atoms with Crippen molar-refractivity contribution >= 4 is 34.8 Å². The molecule has 0 amide bonds. The van der Waals surface area contributed by atoms with Crippen LogP contribution in [0.25, 0.3) is 6.08 Å². The zero-order chi connectivity index (χ0) is 29.2. The Balaban J connectivity index is 1.54. The molecule has 0 aromatic heterocycles. The fraction of sp³-hybridized carbons (Fsp3) is 0.147. The van der Waals surface area contributed by atoms with E-state index in [1.807, 2.05) is 41.3 Å². The van der Waals surface area contributed by atoms with Crippen molar-refractivity contribution < 1.29 is 24.0 Å². The molecule has 0 radical (unpaired) electrons. The zero-order valence-corrected chi connectivity index (χ0v) is 22.5. The first-order chi connectivity index (χ1) is 20.4. The molecule has 7 rings (SSSR count). The monoisotopic (exact) mass is 556 g/mol. The second kappa shape index (κ2) is 9.34. The Morgan fingerprint density at radius 1 is 0.881 bits per heavy atom. The van der Waals surface area contributed by atoms with E-state index in [1.54, 1.807) is 54.6 Å². The minimum atomic E-state index is -1.73. The third kappa shape index (κ3) is 3.38. The van der Waals surface area contributed by atoms with E-state index < -0.39 is 28.3 Å². The maximum Gasteiger partial charge on any atom is 0.269 e. The van der Waals surface area contributed by atoms with Crippen molar-refractivity contribution in [2.45, 2.75) is 18.0 Å². The Morgan fingerprint density at radius 3 is 2.21 bits per heavy atom. The number of non-ortho nitro benzene ring substituents is 1. The van der Waals surface area contributed by atoms with Gasteiger partial charge in [0.25, 0.3) is 5.69 Å². The summed E-state index contributed by atoms with van der Waals surface area (Å²) in [5.41, 5.74) is 0.975. The fourth-order valence-electron chi connectivity index (χ4n) is 7.05. The minimum Gasteiger partial charge on any atom is -0.497 e. The molecule has 8 heteroatoms. The minimum absolute atomic E-state index is 0.186. The summed E-state index contributed by atoms with van der Waals surface area (Å²) >= 11 is 0. The highest BCUT2D eigenvalue weighted by atomic mass is 16.6. The molecule has 42 heavy (non-hydrogen) atoms. The van der Waals surface area contributed by atoms with E-state index in [1.165, 1.54) is 25.3 Å². The Labute approximate surface area is 241 Å². The fourth-order valence-corrected chi connectivity index (χ4v) is 7.05. The molecule has 0 bridgehead atoms. The van der Waals surface area contributed by atoms with Crippen LogP contribution >= 0.6 is 0 Å². The van der Waals surface area contributed by atoms with E-state index >= 15 is 0 Å². The molecule has 0 saturated carbocycles. The van der Waals surface area contributed by atoms with Gasteiger partial charge in [-0.3, -0.25) is 24.5 Å². The van der Waals surface area contributed by atoms with E-state index in [4.69, 9.17) is 4.74 Å². The Hall–Kier alpha value is -5.37. The van der Waals surface area contributed by atoms with E-state index in [0.717, 1.165) is 5.56 Å². The molecule has 3 atom stereocenters. The van der Waals surface area contributed by atoms with Crippen molar-refractivity contribution in [3.05, 3.63) is 141 Å². The van der Waals surface area contributed by atoms with Crippen LogP contribution in [-0.4, -0.2) is 41.5 Å². The zero-order valence-electron chi connectivity index (χ0n) is 22.5. The predicted octanol–water partition coefficient (Wildman–Crippen LogP) is 5.92. The molecular weight excluding hydrogens is 532 g/mol. The lowest BCUT2D eigenvalue weighted by Crippen LogP contribution is -2.48. The van der Waals surface area contributed by atoms with Gasteiger partial charge in [0.05, 0.1) is 18.1 Å². The number of anilines is 1. The molecule has 0 unspecified atom stereocenters. The Morgan fingerprint density at radius 2 is 1.55 bits per heavy atom. The summed E-state index contributed by atoms with van der Waals surface area (Å²) in [6.45, 7) is 0. The van der Waals surface area contributed by atoms with Crippen LogP contribution in [0.4, 0.5) is 11.4 Å². The van der Waals surface area contributed by atoms with Crippen molar-refractivity contribution in [3.63, 3.8) is 0 Å². The molecule has 2 aliphatic heterocycles. The van der Waals surface area contributed by atoms with E-state index in [0.29, 0.717) is 33.7 Å². The lowest BCUT2D eigenvalue weighted by Gasteiger charge is -2.37. The number of methoxy groups -OCH3 is 1. The lowest BCUT2D eigenvalue weighted by molar-refractivity contribution is -0.384. The summed E-state index contributed by atoms with van der Waals surface area (Å²) in [5, 5.41) is 11.9. The summed E-state index contributed by atoms with van der Waals surface area (Å²) in [5.74, 6) is -1.53. The van der Waals surface area contributed by atoms with Gasteiger partial charge < -0.3 is 9.64 Å². The SMILES string of the molecule is COc1ccc(C(=O)[C@H]2[C@@H](c3cccc([N+](=O)[O-])c3)C3(C(=O)c4ccccc4C3=O)[C@H]3C=Cc4ccccc4N23)cc1. The summed E-state index contributed by atoms with van der Waals surface area (Å²) < 4.78 is 5.29. The van der Waals surface area contributed by atoms with Crippen LogP contribution in [0.5, 0.6) is 5.75 Å². The van der Waals surface area contributed by atoms with Gasteiger partial charge >= 0.3 is 0 Å². The molecule has 1 saturated heterocycles. The van der Waals surface area contributed by atoms with Crippen LogP contribution in [0.1, 0.15) is 48.1 Å². The van der Waals surface area contributed by atoms with Crippen molar-refractivity contribution in [1.29, 1.82) is 0 Å². The number of carbonyl (C=O) groups excluding carboxylic acids is 3. The van der Waals surface area contributed by atoms with Crippen LogP contribution in [-0.2, 0) is 0 Å². The van der Waals surface area contributed by atoms with Crippen molar-refractivity contribution in [2.24, 2.45) is 5.41 Å². The van der Waals surface area contributed by atoms with E-state index in [2.05, 4.69) is 0 Å². The summed E-state index contributed by atoms with van der Waals surface area (Å²) in [6.07, 6.45) is 3.71. The summed E-state index contributed by atoms with van der Waals surface area (Å²) in [6, 6.07) is 25.0. The predicted molar refractivity (Wildman–Crippen MR) is 156 cm³/mol. The van der Waals surface area contributed by atoms with Crippen LogP contribution in [0.3, 0.4) is 0 Å². The van der Waals surface area contributed by atoms with Gasteiger partial charge in [-0.05, 0) is 41.5 Å². The highest BCUT2D eigenvalue weighted by molar-refractivity contribution is 6.32. The number of ether oxygens (including phenoxy) is 1. The van der Waals surface area contributed by atoms with Gasteiger partial charge in [-0.1, -0.05) is 66.7 Å². The topological polar surface area (TPSA) is 107 Å². The molecule has 1 aliphatic carbocycles. The number of nitro benzene ring substituents is 1. The van der Waals surface area contributed by atoms with Crippen LogP contribution in [0.2, 0.25) is 0 Å². The first kappa shape index (κ1) is 25.6. The number of para-hydroxylation sites is 1. The maximum absolute atomic E-state index is 14.7. The van der Waals surface area contributed by atoms with Crippen LogP contribution in [0, 0.1) is 15.5 Å². The van der Waals surface area contributed by atoms with Gasteiger partial charge in [0, 0.05) is 40.4 Å². The number of rotatable bonds is 5. The number of carbonyl (C=O) groups is 3. The number of hydrogen-bond acceptors (Lipinski definition) is 7. The van der Waals surface area contributed by atoms with Crippen LogP contribution in [0.15, 0.2) is 103 Å². The number of benzene rings is 4. The average Bonchev–Trinajstić information content (AvgIpc) is 3.47. The molecule has 0 N–H and O–H groups in total. The number of ketones is 3. The Bertz CT molecular complexity index is 1810. The summed E-state index contributed by atoms with van der Waals surface area (Å²) in [7, 11) is 1.53. The molecular formula is C34H24N2O6. The number of Topliss-reactive ketones (excluding diaryl/α,β-unsaturated/α-hetero) is 3. The number of nitro groups is 1. The first-order valence-corrected chi connectivity index (χ1v) is 13.5.